The molecular weight excluding hydrogens is 498 g/mol. The standard InChI is InChI=1S/C26H24ClN5O5/c1-3-17-19(36-22(33)15-10-6-4-7-11-15)26(2,37-23(34)16-12-8-5-9-13-16)24(35-17)32-14-29-18-20(27)30-25(28)31-21(18)32/h4-14,17,19,24H,3H2,1-2H3,(H2,28,30,31)/t17-,19?,24-,26+/m1/s1. The minimum Gasteiger partial charge on any atom is -0.452 e. The molecule has 0 bridgehead atoms. The molecule has 10 nitrogen and oxygen atoms in total. The summed E-state index contributed by atoms with van der Waals surface area (Å²) in [7, 11) is 0. The zero-order valence-corrected chi connectivity index (χ0v) is 20.8. The van der Waals surface area contributed by atoms with Crippen LogP contribution >= 0.6 is 11.6 Å². The first-order chi connectivity index (χ1) is 17.8. The number of fused-ring (bicyclic) bond motifs is 1. The van der Waals surface area contributed by atoms with Crippen LogP contribution in [0.2, 0.25) is 5.15 Å². The van der Waals surface area contributed by atoms with Crippen LogP contribution in [0.25, 0.3) is 11.2 Å². The molecule has 0 spiro atoms. The fraction of sp³-hybridized carbons (Fsp3) is 0.269. The summed E-state index contributed by atoms with van der Waals surface area (Å²) in [4.78, 5) is 38.9. The van der Waals surface area contributed by atoms with Crippen LogP contribution in [0.4, 0.5) is 5.95 Å². The quantitative estimate of drug-likeness (QED) is 0.292. The van der Waals surface area contributed by atoms with Crippen molar-refractivity contribution in [3.63, 3.8) is 0 Å². The third-order valence-corrected chi connectivity index (χ3v) is 6.58. The van der Waals surface area contributed by atoms with Crippen LogP contribution in [-0.4, -0.2) is 49.3 Å². The first kappa shape index (κ1) is 24.7. The predicted molar refractivity (Wildman–Crippen MR) is 135 cm³/mol. The van der Waals surface area contributed by atoms with Crippen molar-refractivity contribution in [2.75, 3.05) is 5.73 Å². The van der Waals surface area contributed by atoms with E-state index in [0.29, 0.717) is 23.1 Å². The maximum absolute atomic E-state index is 13.3. The second kappa shape index (κ2) is 9.79. The topological polar surface area (TPSA) is 131 Å². The van der Waals surface area contributed by atoms with Crippen LogP contribution in [0.5, 0.6) is 0 Å². The van der Waals surface area contributed by atoms with E-state index in [2.05, 4.69) is 15.0 Å². The molecule has 3 heterocycles. The molecule has 0 aliphatic carbocycles. The lowest BCUT2D eigenvalue weighted by Gasteiger charge is -2.34. The molecule has 2 N–H and O–H groups in total. The number of nitrogen functional groups attached to an aromatic ring is 1. The highest BCUT2D eigenvalue weighted by molar-refractivity contribution is 6.33. The molecule has 190 valence electrons. The lowest BCUT2D eigenvalue weighted by Crippen LogP contribution is -2.49. The summed E-state index contributed by atoms with van der Waals surface area (Å²) in [6.45, 7) is 3.55. The lowest BCUT2D eigenvalue weighted by molar-refractivity contribution is -0.108. The van der Waals surface area contributed by atoms with Crippen LogP contribution in [0.3, 0.4) is 0 Å². The van der Waals surface area contributed by atoms with Gasteiger partial charge in [-0.2, -0.15) is 9.97 Å². The van der Waals surface area contributed by atoms with E-state index in [1.165, 1.54) is 6.33 Å². The molecule has 2 aromatic carbocycles. The summed E-state index contributed by atoms with van der Waals surface area (Å²) in [6, 6.07) is 17.1. The Morgan fingerprint density at radius 1 is 1.05 bits per heavy atom. The number of imidazole rings is 1. The zero-order valence-electron chi connectivity index (χ0n) is 20.1. The number of esters is 2. The van der Waals surface area contributed by atoms with Gasteiger partial charge in [-0.1, -0.05) is 54.9 Å². The van der Waals surface area contributed by atoms with Crippen molar-refractivity contribution in [1.29, 1.82) is 0 Å². The van der Waals surface area contributed by atoms with Gasteiger partial charge in [-0.05, 0) is 37.6 Å². The molecule has 11 heteroatoms. The predicted octanol–water partition coefficient (Wildman–Crippen LogP) is 4.21. The Hall–Kier alpha value is -4.02. The molecule has 1 aliphatic rings. The fourth-order valence-corrected chi connectivity index (χ4v) is 4.71. The molecule has 1 aliphatic heterocycles. The molecule has 1 unspecified atom stereocenters. The summed E-state index contributed by atoms with van der Waals surface area (Å²) < 4.78 is 20.0. The number of ether oxygens (including phenoxy) is 3. The number of carbonyl (C=O) groups is 2. The largest absolute Gasteiger partial charge is 0.452 e. The van der Waals surface area contributed by atoms with Crippen molar-refractivity contribution in [3.05, 3.63) is 83.3 Å². The number of halogens is 1. The van der Waals surface area contributed by atoms with E-state index < -0.39 is 36.0 Å². The SMILES string of the molecule is CC[C@H]1O[C@@H](n2cnc3c(Cl)nc(N)nc32)[C@@](C)(OC(=O)c2ccccc2)C1OC(=O)c1ccccc1. The second-order valence-electron chi connectivity index (χ2n) is 8.76. The fourth-order valence-electron chi connectivity index (χ4n) is 4.50. The van der Waals surface area contributed by atoms with Gasteiger partial charge < -0.3 is 19.9 Å². The molecule has 2 aromatic heterocycles. The van der Waals surface area contributed by atoms with Crippen molar-refractivity contribution in [3.8, 4) is 0 Å². The first-order valence-corrected chi connectivity index (χ1v) is 12.0. The zero-order chi connectivity index (χ0) is 26.2. The molecular formula is C26H24ClN5O5. The van der Waals surface area contributed by atoms with E-state index in [9.17, 15) is 9.59 Å². The van der Waals surface area contributed by atoms with E-state index in [1.807, 2.05) is 6.92 Å². The Morgan fingerprint density at radius 3 is 2.30 bits per heavy atom. The maximum Gasteiger partial charge on any atom is 0.338 e. The van der Waals surface area contributed by atoms with Crippen LogP contribution in [0.1, 0.15) is 47.2 Å². The van der Waals surface area contributed by atoms with Gasteiger partial charge in [0.25, 0.3) is 0 Å². The van der Waals surface area contributed by atoms with Gasteiger partial charge in [0, 0.05) is 0 Å². The normalized spacial score (nSPS) is 23.2. The van der Waals surface area contributed by atoms with E-state index in [-0.39, 0.29) is 16.7 Å². The Morgan fingerprint density at radius 2 is 1.68 bits per heavy atom. The van der Waals surface area contributed by atoms with E-state index >= 15 is 0 Å². The number of nitrogens with two attached hydrogens (primary N) is 1. The average molecular weight is 522 g/mol. The Balaban J connectivity index is 1.59. The van der Waals surface area contributed by atoms with Gasteiger partial charge in [-0.3, -0.25) is 4.57 Å². The van der Waals surface area contributed by atoms with Crippen LogP contribution < -0.4 is 5.73 Å². The number of nitrogens with zero attached hydrogens (tertiary/aromatic N) is 4. The molecule has 0 saturated carbocycles. The molecule has 4 atom stereocenters. The Kier molecular flexibility index (Phi) is 6.53. The minimum atomic E-state index is -1.49. The van der Waals surface area contributed by atoms with Crippen molar-refractivity contribution in [1.82, 2.24) is 19.5 Å². The van der Waals surface area contributed by atoms with Crippen molar-refractivity contribution >= 4 is 40.7 Å². The van der Waals surface area contributed by atoms with Gasteiger partial charge in [-0.15, -0.1) is 0 Å². The molecule has 37 heavy (non-hydrogen) atoms. The van der Waals surface area contributed by atoms with E-state index in [1.54, 1.807) is 72.2 Å². The highest BCUT2D eigenvalue weighted by atomic mass is 35.5. The number of aromatic nitrogens is 4. The van der Waals surface area contributed by atoms with Crippen molar-refractivity contribution < 1.29 is 23.8 Å². The van der Waals surface area contributed by atoms with Crippen LogP contribution in [0, 0.1) is 0 Å². The average Bonchev–Trinajstić information content (AvgIpc) is 3.43. The Bertz CT molecular complexity index is 1450. The van der Waals surface area contributed by atoms with E-state index in [4.69, 9.17) is 31.5 Å². The van der Waals surface area contributed by atoms with Gasteiger partial charge in [-0.25, -0.2) is 14.6 Å². The van der Waals surface area contributed by atoms with Gasteiger partial charge in [0.2, 0.25) is 5.95 Å². The molecule has 1 saturated heterocycles. The summed E-state index contributed by atoms with van der Waals surface area (Å²) >= 11 is 6.24. The molecule has 1 fully saturated rings. The summed E-state index contributed by atoms with van der Waals surface area (Å²) in [5, 5.41) is 0.0707. The summed E-state index contributed by atoms with van der Waals surface area (Å²) in [5.41, 5.74) is 5.63. The third-order valence-electron chi connectivity index (χ3n) is 6.31. The number of benzene rings is 2. The molecule has 0 radical (unpaired) electrons. The maximum atomic E-state index is 13.3. The van der Waals surface area contributed by atoms with Gasteiger partial charge in [0.05, 0.1) is 17.5 Å². The third kappa shape index (κ3) is 4.49. The first-order valence-electron chi connectivity index (χ1n) is 11.7. The molecule has 4 aromatic rings. The van der Waals surface area contributed by atoms with Crippen LogP contribution in [-0.2, 0) is 14.2 Å². The monoisotopic (exact) mass is 521 g/mol. The minimum absolute atomic E-state index is 0.0562. The van der Waals surface area contributed by atoms with Gasteiger partial charge >= 0.3 is 11.9 Å². The van der Waals surface area contributed by atoms with Crippen LogP contribution in [0.15, 0.2) is 67.0 Å². The summed E-state index contributed by atoms with van der Waals surface area (Å²) in [5.74, 6) is -1.23. The van der Waals surface area contributed by atoms with Crippen molar-refractivity contribution in [2.24, 2.45) is 0 Å². The number of hydrogen-bond acceptors (Lipinski definition) is 9. The number of carbonyl (C=O) groups excluding carboxylic acids is 2. The van der Waals surface area contributed by atoms with Gasteiger partial charge in [0.15, 0.2) is 28.7 Å². The molecule has 5 rings (SSSR count). The number of hydrogen-bond donors (Lipinski definition) is 1. The second-order valence-corrected chi connectivity index (χ2v) is 9.12. The molecule has 0 amide bonds. The van der Waals surface area contributed by atoms with Crippen molar-refractivity contribution in [2.45, 2.75) is 44.3 Å². The summed E-state index contributed by atoms with van der Waals surface area (Å²) in [6.07, 6.45) is -0.632. The highest BCUT2D eigenvalue weighted by Gasteiger charge is 2.59. The number of rotatable bonds is 6. The lowest BCUT2D eigenvalue weighted by atomic mass is 9.94. The van der Waals surface area contributed by atoms with Gasteiger partial charge in [0.1, 0.15) is 11.6 Å². The number of anilines is 1. The van der Waals surface area contributed by atoms with E-state index in [0.717, 1.165) is 0 Å². The smallest absolute Gasteiger partial charge is 0.338 e. The highest BCUT2D eigenvalue weighted by Crippen LogP contribution is 2.45. The Labute approximate surface area is 217 Å².